The molecule has 18 heavy (non-hydrogen) atoms. The molecule has 0 saturated carbocycles. The zero-order valence-corrected chi connectivity index (χ0v) is 11.8. The smallest absolute Gasteiger partial charge is 0.131 e. The number of nitrogens with one attached hydrogen (secondary N) is 1. The number of pyridine rings is 1. The Morgan fingerprint density at radius 1 is 1.17 bits per heavy atom. The van der Waals surface area contributed by atoms with Crippen molar-refractivity contribution in [2.45, 2.75) is 13.2 Å². The number of halogens is 1. The lowest BCUT2D eigenvalue weighted by atomic mass is 10.2. The number of ether oxygens (including phenoxy) is 1. The highest BCUT2D eigenvalue weighted by molar-refractivity contribution is 9.10. The van der Waals surface area contributed by atoms with E-state index in [-0.39, 0.29) is 0 Å². The van der Waals surface area contributed by atoms with Crippen LogP contribution in [0.1, 0.15) is 11.1 Å². The van der Waals surface area contributed by atoms with Gasteiger partial charge in [-0.15, -0.1) is 0 Å². The van der Waals surface area contributed by atoms with Gasteiger partial charge in [0.15, 0.2) is 0 Å². The SMILES string of the molecule is CNc1ncccc1COCc1ccc(Br)cc1. The number of anilines is 1. The van der Waals surface area contributed by atoms with Gasteiger partial charge < -0.3 is 10.1 Å². The van der Waals surface area contributed by atoms with Gasteiger partial charge in [0, 0.05) is 23.3 Å². The molecular formula is C14H15BrN2O. The van der Waals surface area contributed by atoms with Crippen LogP contribution in [0.2, 0.25) is 0 Å². The summed E-state index contributed by atoms with van der Waals surface area (Å²) in [6.45, 7) is 1.16. The van der Waals surface area contributed by atoms with Crippen LogP contribution in [0.25, 0.3) is 0 Å². The minimum atomic E-state index is 0.556. The Morgan fingerprint density at radius 2 is 1.94 bits per heavy atom. The Labute approximate surface area is 115 Å². The van der Waals surface area contributed by atoms with Crippen molar-refractivity contribution in [3.63, 3.8) is 0 Å². The number of aromatic nitrogens is 1. The number of hydrogen-bond acceptors (Lipinski definition) is 3. The predicted octanol–water partition coefficient (Wildman–Crippen LogP) is 3.60. The van der Waals surface area contributed by atoms with Gasteiger partial charge in [0.05, 0.1) is 13.2 Å². The highest BCUT2D eigenvalue weighted by Gasteiger charge is 2.01. The average Bonchev–Trinajstić information content (AvgIpc) is 2.41. The lowest BCUT2D eigenvalue weighted by molar-refractivity contribution is 0.107. The molecule has 0 bridgehead atoms. The van der Waals surface area contributed by atoms with Gasteiger partial charge in [-0.1, -0.05) is 34.1 Å². The summed E-state index contributed by atoms with van der Waals surface area (Å²) in [7, 11) is 1.86. The number of nitrogens with zero attached hydrogens (tertiary/aromatic N) is 1. The fourth-order valence-electron chi connectivity index (χ4n) is 1.64. The zero-order chi connectivity index (χ0) is 12.8. The molecule has 0 aliphatic heterocycles. The molecular weight excluding hydrogens is 292 g/mol. The summed E-state index contributed by atoms with van der Waals surface area (Å²) in [5, 5.41) is 3.05. The van der Waals surface area contributed by atoms with Crippen molar-refractivity contribution in [3.8, 4) is 0 Å². The number of rotatable bonds is 5. The molecule has 0 unspecified atom stereocenters. The highest BCUT2D eigenvalue weighted by atomic mass is 79.9. The number of benzene rings is 1. The Balaban J connectivity index is 1.90. The largest absolute Gasteiger partial charge is 0.373 e. The van der Waals surface area contributed by atoms with Gasteiger partial charge in [-0.2, -0.15) is 0 Å². The van der Waals surface area contributed by atoms with E-state index >= 15 is 0 Å². The van der Waals surface area contributed by atoms with Crippen LogP contribution in [-0.4, -0.2) is 12.0 Å². The monoisotopic (exact) mass is 306 g/mol. The minimum Gasteiger partial charge on any atom is -0.373 e. The standard InChI is InChI=1S/C14H15BrN2O/c1-16-14-12(3-2-8-17-14)10-18-9-11-4-6-13(15)7-5-11/h2-8H,9-10H2,1H3,(H,16,17). The maximum Gasteiger partial charge on any atom is 0.131 e. The van der Waals surface area contributed by atoms with Gasteiger partial charge >= 0.3 is 0 Å². The normalized spacial score (nSPS) is 10.3. The van der Waals surface area contributed by atoms with E-state index in [9.17, 15) is 0 Å². The third-order valence-corrected chi connectivity index (χ3v) is 3.10. The van der Waals surface area contributed by atoms with Crippen molar-refractivity contribution in [2.24, 2.45) is 0 Å². The first-order chi connectivity index (χ1) is 8.79. The van der Waals surface area contributed by atoms with Crippen LogP contribution in [-0.2, 0) is 18.0 Å². The van der Waals surface area contributed by atoms with Crippen molar-refractivity contribution in [3.05, 3.63) is 58.2 Å². The molecule has 0 saturated heterocycles. The van der Waals surface area contributed by atoms with Crippen LogP contribution >= 0.6 is 15.9 Å². The Bertz CT molecular complexity index is 499. The Kier molecular flexibility index (Phi) is 4.73. The lowest BCUT2D eigenvalue weighted by Gasteiger charge is -2.08. The summed E-state index contributed by atoms with van der Waals surface area (Å²) in [5.74, 6) is 0.869. The van der Waals surface area contributed by atoms with Crippen molar-refractivity contribution < 1.29 is 4.74 Å². The second-order valence-electron chi connectivity index (χ2n) is 3.88. The summed E-state index contributed by atoms with van der Waals surface area (Å²) >= 11 is 3.41. The summed E-state index contributed by atoms with van der Waals surface area (Å²) in [6, 6.07) is 12.1. The molecule has 0 amide bonds. The van der Waals surface area contributed by atoms with E-state index in [0.29, 0.717) is 13.2 Å². The van der Waals surface area contributed by atoms with E-state index in [1.165, 1.54) is 0 Å². The van der Waals surface area contributed by atoms with Crippen molar-refractivity contribution in [1.29, 1.82) is 0 Å². The molecule has 0 aliphatic rings. The maximum atomic E-state index is 5.69. The number of hydrogen-bond donors (Lipinski definition) is 1. The average molecular weight is 307 g/mol. The second kappa shape index (κ2) is 6.52. The highest BCUT2D eigenvalue weighted by Crippen LogP contribution is 2.14. The van der Waals surface area contributed by atoms with Gasteiger partial charge in [0.1, 0.15) is 5.82 Å². The molecule has 2 rings (SSSR count). The molecule has 2 aromatic rings. The van der Waals surface area contributed by atoms with E-state index in [1.54, 1.807) is 6.20 Å². The van der Waals surface area contributed by atoms with Crippen molar-refractivity contribution >= 4 is 21.7 Å². The van der Waals surface area contributed by atoms with E-state index in [2.05, 4.69) is 26.2 Å². The van der Waals surface area contributed by atoms with Crippen LogP contribution in [0, 0.1) is 0 Å². The quantitative estimate of drug-likeness (QED) is 0.916. The molecule has 0 atom stereocenters. The van der Waals surface area contributed by atoms with Gasteiger partial charge in [0.2, 0.25) is 0 Å². The van der Waals surface area contributed by atoms with Gasteiger partial charge in [-0.3, -0.25) is 0 Å². The van der Waals surface area contributed by atoms with Crippen molar-refractivity contribution in [1.82, 2.24) is 4.98 Å². The summed E-state index contributed by atoms with van der Waals surface area (Å²) in [5.41, 5.74) is 2.23. The maximum absolute atomic E-state index is 5.69. The van der Waals surface area contributed by atoms with E-state index in [1.807, 2.05) is 43.4 Å². The van der Waals surface area contributed by atoms with Crippen molar-refractivity contribution in [2.75, 3.05) is 12.4 Å². The molecule has 1 N–H and O–H groups in total. The first-order valence-corrected chi connectivity index (χ1v) is 6.52. The summed E-state index contributed by atoms with van der Waals surface area (Å²) in [6.07, 6.45) is 1.77. The molecule has 4 heteroatoms. The van der Waals surface area contributed by atoms with E-state index in [4.69, 9.17) is 4.74 Å². The molecule has 1 heterocycles. The van der Waals surface area contributed by atoms with Crippen LogP contribution in [0.15, 0.2) is 47.1 Å². The first kappa shape index (κ1) is 13.1. The summed E-state index contributed by atoms with van der Waals surface area (Å²) in [4.78, 5) is 4.24. The van der Waals surface area contributed by atoms with E-state index < -0.39 is 0 Å². The van der Waals surface area contributed by atoms with Gasteiger partial charge in [-0.05, 0) is 23.8 Å². The molecule has 0 spiro atoms. The topological polar surface area (TPSA) is 34.2 Å². The molecule has 1 aromatic carbocycles. The second-order valence-corrected chi connectivity index (χ2v) is 4.80. The fraction of sp³-hybridized carbons (Fsp3) is 0.214. The predicted molar refractivity (Wildman–Crippen MR) is 76.4 cm³/mol. The molecule has 1 aromatic heterocycles. The summed E-state index contributed by atoms with van der Waals surface area (Å²) < 4.78 is 6.77. The van der Waals surface area contributed by atoms with Crippen LogP contribution in [0.3, 0.4) is 0 Å². The van der Waals surface area contributed by atoms with Gasteiger partial charge in [0.25, 0.3) is 0 Å². The Hall–Kier alpha value is -1.39. The van der Waals surface area contributed by atoms with Gasteiger partial charge in [-0.25, -0.2) is 4.98 Å². The van der Waals surface area contributed by atoms with E-state index in [0.717, 1.165) is 21.4 Å². The first-order valence-electron chi connectivity index (χ1n) is 5.73. The molecule has 0 radical (unpaired) electrons. The Morgan fingerprint density at radius 3 is 2.67 bits per heavy atom. The third-order valence-electron chi connectivity index (χ3n) is 2.57. The van der Waals surface area contributed by atoms with Crippen LogP contribution < -0.4 is 5.32 Å². The minimum absolute atomic E-state index is 0.556. The fourth-order valence-corrected chi connectivity index (χ4v) is 1.90. The molecule has 3 nitrogen and oxygen atoms in total. The molecule has 94 valence electrons. The molecule has 0 fully saturated rings. The zero-order valence-electron chi connectivity index (χ0n) is 10.2. The third kappa shape index (κ3) is 3.55. The lowest BCUT2D eigenvalue weighted by Crippen LogP contribution is -2.00. The molecule has 0 aliphatic carbocycles. The van der Waals surface area contributed by atoms with Crippen LogP contribution in [0.4, 0.5) is 5.82 Å². The van der Waals surface area contributed by atoms with Crippen LogP contribution in [0.5, 0.6) is 0 Å².